The average molecular weight is 415 g/mol. The van der Waals surface area contributed by atoms with E-state index in [1.165, 1.54) is 7.11 Å². The Kier molecular flexibility index (Phi) is 8.30. The summed E-state index contributed by atoms with van der Waals surface area (Å²) in [5, 5.41) is 8.24. The predicted octanol–water partition coefficient (Wildman–Crippen LogP) is 3.45. The van der Waals surface area contributed by atoms with E-state index in [0.29, 0.717) is 29.2 Å². The van der Waals surface area contributed by atoms with Gasteiger partial charge < -0.3 is 36.9 Å². The molecule has 3 amide bonds. The molecule has 0 aliphatic carbocycles. The molecule has 0 fully saturated rings. The minimum Gasteiger partial charge on any atom is -0.495 e. The largest absolute Gasteiger partial charge is 0.495 e. The van der Waals surface area contributed by atoms with E-state index in [9.17, 15) is 9.59 Å². The van der Waals surface area contributed by atoms with Gasteiger partial charge in [-0.2, -0.15) is 0 Å². The van der Waals surface area contributed by atoms with Gasteiger partial charge in [-0.3, -0.25) is 0 Å². The number of nitrogens with two attached hydrogens (primary N) is 2. The highest BCUT2D eigenvalue weighted by atomic mass is 16.6. The number of hydrogen-bond acceptors (Lipinski definition) is 6. The molecular weight excluding hydrogens is 386 g/mol. The molecule has 9 heteroatoms. The lowest BCUT2D eigenvalue weighted by Crippen LogP contribution is -2.34. The molecule has 7 N–H and O–H groups in total. The Morgan fingerprint density at radius 2 is 1.80 bits per heavy atom. The van der Waals surface area contributed by atoms with E-state index >= 15 is 0 Å². The molecule has 2 aromatic rings. The lowest BCUT2D eigenvalue weighted by molar-refractivity contribution is 0.0968. The van der Waals surface area contributed by atoms with Gasteiger partial charge in [0.2, 0.25) is 0 Å². The maximum atomic E-state index is 12.3. The summed E-state index contributed by atoms with van der Waals surface area (Å²) in [6.07, 6.45) is -0.207. The maximum Gasteiger partial charge on any atom is 0.407 e. The van der Waals surface area contributed by atoms with E-state index in [1.54, 1.807) is 36.4 Å². The van der Waals surface area contributed by atoms with E-state index < -0.39 is 12.1 Å². The van der Waals surface area contributed by atoms with Crippen LogP contribution in [0, 0.1) is 0 Å². The quantitative estimate of drug-likeness (QED) is 0.418. The van der Waals surface area contributed by atoms with E-state index in [2.05, 4.69) is 16.0 Å². The van der Waals surface area contributed by atoms with Crippen LogP contribution in [0.5, 0.6) is 5.75 Å². The van der Waals surface area contributed by atoms with Crippen molar-refractivity contribution < 1.29 is 19.1 Å². The molecule has 0 aromatic heterocycles. The number of hydrogen-bond donors (Lipinski definition) is 5. The number of carbonyl (C=O) groups excluding carboxylic acids is 2. The van der Waals surface area contributed by atoms with Crippen molar-refractivity contribution in [1.29, 1.82) is 0 Å². The summed E-state index contributed by atoms with van der Waals surface area (Å²) in [5.41, 5.74) is 13.7. The van der Waals surface area contributed by atoms with Crippen LogP contribution in [0.25, 0.3) is 0 Å². The van der Waals surface area contributed by atoms with Crippen molar-refractivity contribution in [1.82, 2.24) is 5.32 Å². The van der Waals surface area contributed by atoms with Crippen LogP contribution in [0.2, 0.25) is 0 Å². The molecule has 162 valence electrons. The third-order valence-corrected chi connectivity index (χ3v) is 4.46. The van der Waals surface area contributed by atoms with Gasteiger partial charge in [-0.15, -0.1) is 0 Å². The zero-order valence-corrected chi connectivity index (χ0v) is 17.4. The van der Waals surface area contributed by atoms with Crippen LogP contribution in [0.1, 0.15) is 31.9 Å². The van der Waals surface area contributed by atoms with Gasteiger partial charge in [-0.25, -0.2) is 9.59 Å². The molecule has 0 spiro atoms. The number of nitrogens with one attached hydrogen (secondary N) is 3. The zero-order valence-electron chi connectivity index (χ0n) is 17.4. The highest BCUT2D eigenvalue weighted by molar-refractivity contribution is 6.00. The van der Waals surface area contributed by atoms with Crippen molar-refractivity contribution in [2.75, 3.05) is 30.0 Å². The predicted molar refractivity (Wildman–Crippen MR) is 118 cm³/mol. The van der Waals surface area contributed by atoms with Crippen molar-refractivity contribution in [2.24, 2.45) is 5.73 Å². The van der Waals surface area contributed by atoms with Crippen LogP contribution < -0.4 is 32.2 Å². The fourth-order valence-electron chi connectivity index (χ4n) is 2.71. The number of methoxy groups -OCH3 is 1. The molecule has 2 atom stereocenters. The van der Waals surface area contributed by atoms with Crippen LogP contribution in [-0.4, -0.2) is 31.9 Å². The van der Waals surface area contributed by atoms with Gasteiger partial charge in [0.1, 0.15) is 11.9 Å². The smallest absolute Gasteiger partial charge is 0.407 e. The third kappa shape index (κ3) is 6.56. The summed E-state index contributed by atoms with van der Waals surface area (Å²) >= 11 is 0. The number of nitrogen functional groups attached to an aromatic ring is 1. The number of benzene rings is 2. The van der Waals surface area contributed by atoms with E-state index in [0.717, 1.165) is 5.56 Å². The van der Waals surface area contributed by atoms with Crippen molar-refractivity contribution >= 4 is 29.2 Å². The molecule has 0 heterocycles. The summed E-state index contributed by atoms with van der Waals surface area (Å²) < 4.78 is 10.4. The number of carbonyl (C=O) groups is 2. The third-order valence-electron chi connectivity index (χ3n) is 4.46. The Hall–Kier alpha value is -3.46. The summed E-state index contributed by atoms with van der Waals surface area (Å²) in [7, 11) is 1.50. The molecular formula is C21H29N5O4. The lowest BCUT2D eigenvalue weighted by Gasteiger charge is -2.19. The van der Waals surface area contributed by atoms with Gasteiger partial charge in [-0.1, -0.05) is 19.1 Å². The van der Waals surface area contributed by atoms with Crippen molar-refractivity contribution in [3.8, 4) is 5.75 Å². The fraction of sp³-hybridized carbons (Fsp3) is 0.333. The normalized spacial score (nSPS) is 12.4. The highest BCUT2D eigenvalue weighted by Crippen LogP contribution is 2.25. The molecule has 9 nitrogen and oxygen atoms in total. The van der Waals surface area contributed by atoms with Crippen LogP contribution in [0.3, 0.4) is 0 Å². The Morgan fingerprint density at radius 1 is 1.10 bits per heavy atom. The van der Waals surface area contributed by atoms with Crippen LogP contribution in [-0.2, 0) is 4.74 Å². The van der Waals surface area contributed by atoms with Gasteiger partial charge in [-0.05, 0) is 43.2 Å². The van der Waals surface area contributed by atoms with Crippen molar-refractivity contribution in [3.05, 3.63) is 48.0 Å². The van der Waals surface area contributed by atoms with Crippen molar-refractivity contribution in [3.63, 3.8) is 0 Å². The van der Waals surface area contributed by atoms with E-state index in [-0.39, 0.29) is 18.7 Å². The Morgan fingerprint density at radius 3 is 2.43 bits per heavy atom. The molecule has 0 aliphatic rings. The molecule has 0 saturated carbocycles. The van der Waals surface area contributed by atoms with Gasteiger partial charge >= 0.3 is 12.1 Å². The number of urea groups is 1. The number of anilines is 3. The number of rotatable bonds is 8. The zero-order chi connectivity index (χ0) is 22.1. The molecule has 0 radical (unpaired) electrons. The first kappa shape index (κ1) is 22.8. The standard InChI is InChI=1S/C21H29N5O4/c1-4-17(12-22)30-21(28)24-13(2)14-6-5-7-15(10-14)25-20(27)26-16-8-9-18(23)19(11-16)29-3/h5-11,13,17H,4,12,22-23H2,1-3H3,(H,24,28)(H2,25,26,27)/t13-,17+/m0/s1. The van der Waals surface area contributed by atoms with E-state index in [4.69, 9.17) is 20.9 Å². The van der Waals surface area contributed by atoms with Crippen LogP contribution in [0.15, 0.2) is 42.5 Å². The molecule has 0 bridgehead atoms. The second-order valence-electron chi connectivity index (χ2n) is 6.70. The van der Waals surface area contributed by atoms with Crippen LogP contribution in [0.4, 0.5) is 26.7 Å². The van der Waals surface area contributed by atoms with Crippen molar-refractivity contribution in [2.45, 2.75) is 32.4 Å². The van der Waals surface area contributed by atoms with Gasteiger partial charge in [0, 0.05) is 24.0 Å². The molecule has 30 heavy (non-hydrogen) atoms. The molecule has 0 unspecified atom stereocenters. The second kappa shape index (κ2) is 10.9. The maximum absolute atomic E-state index is 12.3. The lowest BCUT2D eigenvalue weighted by atomic mass is 10.1. The van der Waals surface area contributed by atoms with Gasteiger partial charge in [0.25, 0.3) is 0 Å². The number of alkyl carbamates (subject to hydrolysis) is 1. The van der Waals surface area contributed by atoms with Gasteiger partial charge in [0.05, 0.1) is 18.8 Å². The molecule has 0 aliphatic heterocycles. The average Bonchev–Trinajstić information content (AvgIpc) is 2.73. The Labute approximate surface area is 176 Å². The number of ether oxygens (including phenoxy) is 2. The highest BCUT2D eigenvalue weighted by Gasteiger charge is 2.15. The number of amides is 3. The summed E-state index contributed by atoms with van der Waals surface area (Å²) in [4.78, 5) is 24.3. The monoisotopic (exact) mass is 415 g/mol. The Balaban J connectivity index is 1.97. The Bertz CT molecular complexity index is 870. The summed E-state index contributed by atoms with van der Waals surface area (Å²) in [6, 6.07) is 11.4. The molecule has 2 aromatic carbocycles. The molecule has 0 saturated heterocycles. The first-order chi connectivity index (χ1) is 14.4. The first-order valence-corrected chi connectivity index (χ1v) is 9.65. The minimum absolute atomic E-state index is 0.271. The fourth-order valence-corrected chi connectivity index (χ4v) is 2.71. The summed E-state index contributed by atoms with van der Waals surface area (Å²) in [5.74, 6) is 0.474. The summed E-state index contributed by atoms with van der Waals surface area (Å²) in [6.45, 7) is 3.99. The first-order valence-electron chi connectivity index (χ1n) is 9.65. The minimum atomic E-state index is -0.534. The second-order valence-corrected chi connectivity index (χ2v) is 6.70. The SMILES string of the molecule is CC[C@H](CN)OC(=O)N[C@@H](C)c1cccc(NC(=O)Nc2ccc(N)c(OC)c2)c1. The van der Waals surface area contributed by atoms with E-state index in [1.807, 2.05) is 19.9 Å². The van der Waals surface area contributed by atoms with Gasteiger partial charge in [0.15, 0.2) is 0 Å². The topological polar surface area (TPSA) is 141 Å². The molecule has 2 rings (SSSR count). The van der Waals surface area contributed by atoms with Crippen LogP contribution >= 0.6 is 0 Å².